The van der Waals surface area contributed by atoms with Gasteiger partial charge in [-0.3, -0.25) is 18.9 Å². The maximum atomic E-state index is 12.3. The summed E-state index contributed by atoms with van der Waals surface area (Å²) in [5.41, 5.74) is -1.44. The van der Waals surface area contributed by atoms with Gasteiger partial charge in [-0.05, 0) is 0 Å². The smallest absolute Gasteiger partial charge is 0.387 e. The second-order valence-electron chi connectivity index (χ2n) is 5.92. The molecule has 5 atom stereocenters. The van der Waals surface area contributed by atoms with E-state index in [1.165, 1.54) is 4.67 Å². The van der Waals surface area contributed by atoms with Gasteiger partial charge in [0.05, 0.1) is 19.8 Å². The molecular weight excluding hydrogens is 376 g/mol. The van der Waals surface area contributed by atoms with E-state index in [9.17, 15) is 29.3 Å². The highest BCUT2D eigenvalue weighted by Gasteiger charge is 2.45. The van der Waals surface area contributed by atoms with Gasteiger partial charge in [-0.2, -0.15) is 0 Å². The van der Waals surface area contributed by atoms with Crippen LogP contribution >= 0.6 is 7.75 Å². The molecule has 1 aromatic heterocycles. The monoisotopic (exact) mass is 396 g/mol. The Hall–Kier alpha value is -1.37. The highest BCUT2D eigenvalue weighted by atomic mass is 31.2. The zero-order valence-electron chi connectivity index (χ0n) is 13.6. The molecule has 3 heterocycles. The van der Waals surface area contributed by atoms with Crippen molar-refractivity contribution in [2.75, 3.05) is 32.9 Å². The number of H-pyrrole nitrogens is 1. The Kier molecular flexibility index (Phi) is 5.75. The van der Waals surface area contributed by atoms with E-state index in [0.29, 0.717) is 13.2 Å². The molecule has 0 aromatic carbocycles. The van der Waals surface area contributed by atoms with E-state index >= 15 is 0 Å². The number of nitrogens with one attached hydrogen (secondary N) is 1. The molecule has 4 N–H and O–H groups in total. The number of morpholine rings is 1. The van der Waals surface area contributed by atoms with Crippen LogP contribution in [0.5, 0.6) is 0 Å². The van der Waals surface area contributed by atoms with Gasteiger partial charge in [0.1, 0.15) is 18.3 Å². The van der Waals surface area contributed by atoms with Crippen molar-refractivity contribution in [3.63, 3.8) is 0 Å². The van der Waals surface area contributed by atoms with E-state index in [4.69, 9.17) is 14.0 Å². The van der Waals surface area contributed by atoms with E-state index in [-0.39, 0.29) is 13.1 Å². The molecule has 2 aliphatic heterocycles. The van der Waals surface area contributed by atoms with Crippen molar-refractivity contribution in [1.29, 1.82) is 0 Å². The third kappa shape index (κ3) is 3.97. The van der Waals surface area contributed by atoms with Crippen LogP contribution in [0, 0.1) is 0 Å². The van der Waals surface area contributed by atoms with Crippen LogP contribution in [0.1, 0.15) is 6.23 Å². The normalized spacial score (nSPS) is 32.4. The van der Waals surface area contributed by atoms with Gasteiger partial charge in [-0.25, -0.2) is 14.0 Å². The van der Waals surface area contributed by atoms with Gasteiger partial charge in [-0.1, -0.05) is 0 Å². The molecule has 26 heavy (non-hydrogen) atoms. The summed E-state index contributed by atoms with van der Waals surface area (Å²) >= 11 is 0. The van der Waals surface area contributed by atoms with Crippen LogP contribution in [-0.4, -0.2) is 80.6 Å². The minimum absolute atomic E-state index is 0.222. The molecule has 12 nitrogen and oxygen atoms in total. The van der Waals surface area contributed by atoms with Gasteiger partial charge >= 0.3 is 13.4 Å². The number of aromatic nitrogens is 2. The van der Waals surface area contributed by atoms with E-state index in [0.717, 1.165) is 16.8 Å². The Morgan fingerprint density at radius 2 is 1.96 bits per heavy atom. The lowest BCUT2D eigenvalue weighted by atomic mass is 10.1. The lowest BCUT2D eigenvalue weighted by molar-refractivity contribution is -0.0545. The predicted molar refractivity (Wildman–Crippen MR) is 85.4 cm³/mol. The van der Waals surface area contributed by atoms with Crippen LogP contribution < -0.4 is 11.2 Å². The molecule has 13 heteroatoms. The molecule has 2 aliphatic rings. The topological polar surface area (TPSA) is 164 Å². The zero-order valence-corrected chi connectivity index (χ0v) is 14.5. The molecule has 0 amide bonds. The Labute approximate surface area is 147 Å². The number of hydrogen-bond acceptors (Lipinski definition) is 8. The summed E-state index contributed by atoms with van der Waals surface area (Å²) in [5, 5.41) is 20.2. The first kappa shape index (κ1) is 19.4. The molecule has 0 spiro atoms. The van der Waals surface area contributed by atoms with Gasteiger partial charge in [-0.15, -0.1) is 0 Å². The van der Waals surface area contributed by atoms with E-state index in [2.05, 4.69) is 0 Å². The summed E-state index contributed by atoms with van der Waals surface area (Å²) in [7, 11) is -4.11. The third-order valence-corrected chi connectivity index (χ3v) is 5.81. The average Bonchev–Trinajstić information content (AvgIpc) is 2.89. The summed E-state index contributed by atoms with van der Waals surface area (Å²) in [4.78, 5) is 35.0. The first-order valence-electron chi connectivity index (χ1n) is 7.93. The summed E-state index contributed by atoms with van der Waals surface area (Å²) < 4.78 is 30.0. The molecular formula is C13H20N3O9P. The van der Waals surface area contributed by atoms with Gasteiger partial charge < -0.3 is 24.6 Å². The molecule has 0 saturated carbocycles. The highest BCUT2D eigenvalue weighted by molar-refractivity contribution is 7.50. The number of aromatic amines is 1. The summed E-state index contributed by atoms with van der Waals surface area (Å²) in [6.07, 6.45) is -4.24. The first-order valence-corrected chi connectivity index (χ1v) is 9.46. The van der Waals surface area contributed by atoms with Crippen molar-refractivity contribution >= 4 is 7.75 Å². The molecule has 0 aliphatic carbocycles. The Morgan fingerprint density at radius 1 is 1.27 bits per heavy atom. The minimum Gasteiger partial charge on any atom is -0.387 e. The SMILES string of the molecule is O=c1cc[15n]([C@@H]2O[C@H](COP(=O)(O)N3CCOCC3)[C@@H](O)[C@H]2O)[13c](=O)[15nH]1. The molecule has 1 aromatic rings. The number of ether oxygens (including phenoxy) is 2. The van der Waals surface area contributed by atoms with Crippen molar-refractivity contribution in [3.8, 4) is 0 Å². The predicted octanol–water partition coefficient (Wildman–Crippen LogP) is -2.39. The van der Waals surface area contributed by atoms with Crippen molar-refractivity contribution in [2.45, 2.75) is 24.5 Å². The van der Waals surface area contributed by atoms with Crippen molar-refractivity contribution in [2.24, 2.45) is 0 Å². The van der Waals surface area contributed by atoms with Crippen molar-refractivity contribution in [1.82, 2.24) is 14.2 Å². The molecule has 2 saturated heterocycles. The summed E-state index contributed by atoms with van der Waals surface area (Å²) in [5.74, 6) is 0. The lowest BCUT2D eigenvalue weighted by Gasteiger charge is -2.30. The number of aliphatic hydroxyl groups is 2. The number of aliphatic hydroxyl groups excluding tert-OH is 2. The fourth-order valence-electron chi connectivity index (χ4n) is 2.78. The van der Waals surface area contributed by atoms with Crippen LogP contribution in [-0.2, 0) is 18.6 Å². The Balaban J connectivity index is 1.67. The maximum absolute atomic E-state index is 12.3. The van der Waals surface area contributed by atoms with Crippen molar-refractivity contribution < 1.29 is 33.7 Å². The van der Waals surface area contributed by atoms with Crippen LogP contribution in [0.3, 0.4) is 0 Å². The molecule has 0 radical (unpaired) electrons. The maximum Gasteiger partial charge on any atom is 0.405 e. The van der Waals surface area contributed by atoms with Crippen molar-refractivity contribution in [3.05, 3.63) is 33.1 Å². The molecule has 2 fully saturated rings. The quantitative estimate of drug-likeness (QED) is 0.395. The second kappa shape index (κ2) is 7.71. The average molecular weight is 396 g/mol. The summed E-state index contributed by atoms with van der Waals surface area (Å²) in [6.45, 7) is 0.566. The van der Waals surface area contributed by atoms with Crippen LogP contribution in [0.25, 0.3) is 0 Å². The third-order valence-electron chi connectivity index (χ3n) is 4.21. The van der Waals surface area contributed by atoms with Gasteiger partial charge in [0.2, 0.25) is 0 Å². The molecule has 1 unspecified atom stereocenters. The Morgan fingerprint density at radius 3 is 2.62 bits per heavy atom. The van der Waals surface area contributed by atoms with E-state index < -0.39 is 50.1 Å². The molecule has 0 bridgehead atoms. The first-order chi connectivity index (χ1) is 12.3. The van der Waals surface area contributed by atoms with Crippen LogP contribution in [0.2, 0.25) is 0 Å². The van der Waals surface area contributed by atoms with E-state index in [1.807, 2.05) is 4.98 Å². The largest absolute Gasteiger partial charge is 0.405 e. The second-order valence-corrected chi connectivity index (χ2v) is 7.72. The van der Waals surface area contributed by atoms with Gasteiger partial charge in [0.15, 0.2) is 6.23 Å². The fourth-order valence-corrected chi connectivity index (χ4v) is 3.96. The van der Waals surface area contributed by atoms with Crippen LogP contribution in [0.4, 0.5) is 0 Å². The fraction of sp³-hybridized carbons (Fsp3) is 0.692. The van der Waals surface area contributed by atoms with Crippen LogP contribution in [0.15, 0.2) is 21.9 Å². The number of rotatable bonds is 5. The zero-order chi connectivity index (χ0) is 18.9. The standard InChI is InChI=1S/C13H20N3O9P/c17-9-1-2-16(13(20)14-9)12-11(19)10(18)8(25-12)7-24-26(21,22)15-3-5-23-6-4-15/h1-2,8,10-12,18-19H,3-7H2,(H,21,22)(H,14,17,20)/t8-,10-,11-,12-/m1/s1/i13+1,14+1,16+1. The molecule has 146 valence electrons. The van der Waals surface area contributed by atoms with Gasteiger partial charge in [0, 0.05) is 25.4 Å². The Bertz CT molecular complexity index is 790. The van der Waals surface area contributed by atoms with Gasteiger partial charge in [0.25, 0.3) is 5.56 Å². The highest BCUT2D eigenvalue weighted by Crippen LogP contribution is 2.47. The minimum atomic E-state index is -4.11. The summed E-state index contributed by atoms with van der Waals surface area (Å²) in [6, 6.07) is 1.06. The lowest BCUT2D eigenvalue weighted by Crippen LogP contribution is -2.38. The number of nitrogens with zero attached hydrogens (tertiary/aromatic N) is 2. The van der Waals surface area contributed by atoms with E-state index in [1.54, 1.807) is 0 Å². The molecule has 3 rings (SSSR count). The number of hydrogen-bond donors (Lipinski definition) is 4.